The van der Waals surface area contributed by atoms with Gasteiger partial charge in [0.15, 0.2) is 0 Å². The van der Waals surface area contributed by atoms with Gasteiger partial charge in [-0.2, -0.15) is 5.26 Å². The van der Waals surface area contributed by atoms with Crippen molar-refractivity contribution in [1.82, 2.24) is 5.32 Å². The molecule has 1 amide bonds. The van der Waals surface area contributed by atoms with Gasteiger partial charge >= 0.3 is 0 Å². The molecule has 1 saturated carbocycles. The van der Waals surface area contributed by atoms with Crippen molar-refractivity contribution in [3.63, 3.8) is 0 Å². The molecule has 3 rings (SSSR count). The molecule has 0 spiro atoms. The average Bonchev–Trinajstić information content (AvgIpc) is 2.55. The van der Waals surface area contributed by atoms with Crippen LogP contribution in [0.15, 0.2) is 54.6 Å². The van der Waals surface area contributed by atoms with E-state index in [1.165, 1.54) is 12.0 Å². The summed E-state index contributed by atoms with van der Waals surface area (Å²) in [6.07, 6.45) is 3.44. The van der Waals surface area contributed by atoms with Crippen LogP contribution in [0.2, 0.25) is 0 Å². The second kappa shape index (κ2) is 6.03. The molecule has 1 aliphatic rings. The summed E-state index contributed by atoms with van der Waals surface area (Å²) in [4.78, 5) is 12.3. The van der Waals surface area contributed by atoms with Gasteiger partial charge in [-0.05, 0) is 42.7 Å². The molecule has 0 unspecified atom stereocenters. The van der Waals surface area contributed by atoms with Gasteiger partial charge in [-0.25, -0.2) is 0 Å². The first-order valence-electron chi connectivity index (χ1n) is 7.57. The predicted octanol–water partition coefficient (Wildman–Crippen LogP) is 3.41. The van der Waals surface area contributed by atoms with Gasteiger partial charge in [0, 0.05) is 17.5 Å². The number of nitriles is 1. The molecule has 22 heavy (non-hydrogen) atoms. The number of carbonyl (C=O) groups excluding carboxylic acids is 1. The molecule has 3 nitrogen and oxygen atoms in total. The van der Waals surface area contributed by atoms with E-state index in [0.29, 0.717) is 17.7 Å². The van der Waals surface area contributed by atoms with Gasteiger partial charge in [0.2, 0.25) is 0 Å². The van der Waals surface area contributed by atoms with Crippen LogP contribution < -0.4 is 5.32 Å². The van der Waals surface area contributed by atoms with Crippen LogP contribution in [0.4, 0.5) is 0 Å². The van der Waals surface area contributed by atoms with Crippen LogP contribution in [0.25, 0.3) is 0 Å². The summed E-state index contributed by atoms with van der Waals surface area (Å²) >= 11 is 0. The number of hydrogen-bond donors (Lipinski definition) is 1. The molecule has 3 heteroatoms. The molecule has 1 fully saturated rings. The summed E-state index contributed by atoms with van der Waals surface area (Å²) in [5.74, 6) is -0.0771. The van der Waals surface area contributed by atoms with Crippen LogP contribution in [-0.2, 0) is 5.41 Å². The summed E-state index contributed by atoms with van der Waals surface area (Å²) in [5.41, 5.74) is 2.56. The third kappa shape index (κ3) is 2.73. The lowest BCUT2D eigenvalue weighted by molar-refractivity contribution is 0.0928. The molecular weight excluding hydrogens is 272 g/mol. The van der Waals surface area contributed by atoms with Gasteiger partial charge in [0.25, 0.3) is 5.91 Å². The maximum Gasteiger partial charge on any atom is 0.251 e. The van der Waals surface area contributed by atoms with Crippen LogP contribution in [0.3, 0.4) is 0 Å². The summed E-state index contributed by atoms with van der Waals surface area (Å²) in [7, 11) is 0. The Morgan fingerprint density at radius 1 is 1.09 bits per heavy atom. The van der Waals surface area contributed by atoms with Crippen LogP contribution in [0.5, 0.6) is 0 Å². The normalized spacial score (nSPS) is 15.4. The maximum absolute atomic E-state index is 12.3. The van der Waals surface area contributed by atoms with Crippen molar-refractivity contribution < 1.29 is 4.79 Å². The van der Waals surface area contributed by atoms with Crippen LogP contribution in [0, 0.1) is 11.3 Å². The lowest BCUT2D eigenvalue weighted by Crippen LogP contribution is -2.45. The highest BCUT2D eigenvalue weighted by Gasteiger charge is 2.38. The quantitative estimate of drug-likeness (QED) is 0.938. The zero-order valence-electron chi connectivity index (χ0n) is 12.4. The SMILES string of the molecule is N#Cc1ccc(C(=O)NCC2(c3ccccc3)CCC2)cc1. The molecular formula is C19H18N2O. The van der Waals surface area contributed by atoms with Crippen LogP contribution in [0.1, 0.15) is 40.7 Å². The van der Waals surface area contributed by atoms with Gasteiger partial charge < -0.3 is 5.32 Å². The van der Waals surface area contributed by atoms with Crippen LogP contribution >= 0.6 is 0 Å². The van der Waals surface area contributed by atoms with E-state index in [2.05, 4.69) is 35.7 Å². The lowest BCUT2D eigenvalue weighted by atomic mass is 9.64. The smallest absolute Gasteiger partial charge is 0.251 e. The zero-order chi connectivity index (χ0) is 15.4. The first kappa shape index (κ1) is 14.3. The first-order chi connectivity index (χ1) is 10.7. The summed E-state index contributed by atoms with van der Waals surface area (Å²) in [6.45, 7) is 0.663. The standard InChI is InChI=1S/C19H18N2O/c20-13-15-7-9-16(10-8-15)18(22)21-14-19(11-4-12-19)17-5-2-1-3-6-17/h1-3,5-10H,4,11-12,14H2,(H,21,22). The van der Waals surface area contributed by atoms with Crippen molar-refractivity contribution in [1.29, 1.82) is 5.26 Å². The van der Waals surface area contributed by atoms with Crippen molar-refractivity contribution in [2.75, 3.05) is 6.54 Å². The Labute approximate surface area is 130 Å². The van der Waals surface area contributed by atoms with Gasteiger partial charge in [-0.1, -0.05) is 36.8 Å². The predicted molar refractivity (Wildman–Crippen MR) is 85.5 cm³/mol. The van der Waals surface area contributed by atoms with Gasteiger partial charge in [0.05, 0.1) is 11.6 Å². The highest BCUT2D eigenvalue weighted by Crippen LogP contribution is 2.43. The van der Waals surface area contributed by atoms with Gasteiger partial charge in [-0.3, -0.25) is 4.79 Å². The van der Waals surface area contributed by atoms with E-state index in [4.69, 9.17) is 5.26 Å². The summed E-state index contributed by atoms with van der Waals surface area (Å²) < 4.78 is 0. The largest absolute Gasteiger partial charge is 0.351 e. The number of nitrogens with one attached hydrogen (secondary N) is 1. The average molecular weight is 290 g/mol. The third-order valence-corrected chi connectivity index (χ3v) is 4.56. The van der Waals surface area contributed by atoms with Crippen molar-refractivity contribution in [3.05, 3.63) is 71.3 Å². The summed E-state index contributed by atoms with van der Waals surface area (Å²) in [5, 5.41) is 11.8. The second-order valence-corrected chi connectivity index (χ2v) is 5.87. The Morgan fingerprint density at radius 2 is 1.77 bits per heavy atom. The minimum atomic E-state index is -0.0771. The number of hydrogen-bond acceptors (Lipinski definition) is 2. The fraction of sp³-hybridized carbons (Fsp3) is 0.263. The fourth-order valence-electron chi connectivity index (χ4n) is 3.01. The number of rotatable bonds is 4. The Hall–Kier alpha value is -2.60. The topological polar surface area (TPSA) is 52.9 Å². The van der Waals surface area contributed by atoms with E-state index >= 15 is 0 Å². The van der Waals surface area contributed by atoms with Gasteiger partial charge in [0.1, 0.15) is 0 Å². The minimum Gasteiger partial charge on any atom is -0.351 e. The Bertz CT molecular complexity index is 694. The third-order valence-electron chi connectivity index (χ3n) is 4.56. The van der Waals surface area contributed by atoms with Crippen molar-refractivity contribution in [2.24, 2.45) is 0 Å². The molecule has 2 aromatic rings. The Balaban J connectivity index is 1.68. The maximum atomic E-state index is 12.3. The molecule has 0 aliphatic heterocycles. The van der Waals surface area contributed by atoms with E-state index in [-0.39, 0.29) is 11.3 Å². The van der Waals surface area contributed by atoms with E-state index in [1.807, 2.05) is 6.07 Å². The molecule has 110 valence electrons. The van der Waals surface area contributed by atoms with E-state index in [0.717, 1.165) is 12.8 Å². The van der Waals surface area contributed by atoms with Crippen molar-refractivity contribution in [2.45, 2.75) is 24.7 Å². The number of amides is 1. The van der Waals surface area contributed by atoms with E-state index in [1.54, 1.807) is 24.3 Å². The molecule has 1 aliphatic carbocycles. The lowest BCUT2D eigenvalue weighted by Gasteiger charge is -2.42. The Morgan fingerprint density at radius 3 is 2.32 bits per heavy atom. The number of carbonyl (C=O) groups is 1. The zero-order valence-corrected chi connectivity index (χ0v) is 12.4. The van der Waals surface area contributed by atoms with Crippen molar-refractivity contribution >= 4 is 5.91 Å². The molecule has 2 aromatic carbocycles. The number of nitrogens with zero attached hydrogens (tertiary/aromatic N) is 1. The molecule has 0 radical (unpaired) electrons. The molecule has 0 saturated heterocycles. The Kier molecular flexibility index (Phi) is 3.93. The molecule has 0 aromatic heterocycles. The fourth-order valence-corrected chi connectivity index (χ4v) is 3.01. The van der Waals surface area contributed by atoms with Crippen molar-refractivity contribution in [3.8, 4) is 6.07 Å². The second-order valence-electron chi connectivity index (χ2n) is 5.87. The van der Waals surface area contributed by atoms with Gasteiger partial charge in [-0.15, -0.1) is 0 Å². The van der Waals surface area contributed by atoms with E-state index in [9.17, 15) is 4.79 Å². The molecule has 0 atom stereocenters. The first-order valence-corrected chi connectivity index (χ1v) is 7.57. The van der Waals surface area contributed by atoms with E-state index < -0.39 is 0 Å². The van der Waals surface area contributed by atoms with Crippen LogP contribution in [-0.4, -0.2) is 12.5 Å². The molecule has 1 N–H and O–H groups in total. The monoisotopic (exact) mass is 290 g/mol. The molecule has 0 heterocycles. The highest BCUT2D eigenvalue weighted by atomic mass is 16.1. The number of benzene rings is 2. The highest BCUT2D eigenvalue weighted by molar-refractivity contribution is 5.94. The minimum absolute atomic E-state index is 0.0771. The molecule has 0 bridgehead atoms. The summed E-state index contributed by atoms with van der Waals surface area (Å²) in [6, 6.07) is 19.2.